The lowest BCUT2D eigenvalue weighted by Crippen LogP contribution is -2.24. The van der Waals surface area contributed by atoms with Gasteiger partial charge < -0.3 is 14.3 Å². The van der Waals surface area contributed by atoms with Crippen molar-refractivity contribution < 1.29 is 9.21 Å². The van der Waals surface area contributed by atoms with E-state index in [9.17, 15) is 4.79 Å². The molecule has 0 saturated heterocycles. The Morgan fingerprint density at radius 3 is 2.84 bits per heavy atom. The quantitative estimate of drug-likeness (QED) is 0.667. The van der Waals surface area contributed by atoms with Crippen LogP contribution in [0.25, 0.3) is 11.4 Å². The highest BCUT2D eigenvalue weighted by atomic mass is 35.5. The van der Waals surface area contributed by atoms with E-state index < -0.39 is 0 Å². The number of halogens is 1. The molecule has 0 spiro atoms. The zero-order chi connectivity index (χ0) is 17.8. The second-order valence-corrected chi connectivity index (χ2v) is 6.76. The van der Waals surface area contributed by atoms with Gasteiger partial charge in [0.1, 0.15) is 5.76 Å². The van der Waals surface area contributed by atoms with Crippen LogP contribution in [0.15, 0.2) is 46.2 Å². The van der Waals surface area contributed by atoms with Gasteiger partial charge in [-0.15, -0.1) is 10.2 Å². The van der Waals surface area contributed by atoms with Crippen LogP contribution >= 0.6 is 23.4 Å². The molecule has 0 saturated carbocycles. The van der Waals surface area contributed by atoms with Crippen LogP contribution in [0.2, 0.25) is 5.02 Å². The summed E-state index contributed by atoms with van der Waals surface area (Å²) in [5.41, 5.74) is 1.78. The number of nitrogens with zero attached hydrogens (tertiary/aromatic N) is 3. The molecule has 0 aliphatic carbocycles. The third kappa shape index (κ3) is 4.05. The van der Waals surface area contributed by atoms with Crippen molar-refractivity contribution in [1.82, 2.24) is 20.1 Å². The molecule has 1 N–H and O–H groups in total. The van der Waals surface area contributed by atoms with Crippen LogP contribution in [-0.2, 0) is 18.4 Å². The standard InChI is InChI=1S/C17H17ClN4O2S/c1-11-13(7-8-24-11)16-20-21-17(22(16)2)25-10-15(23)19-9-12-5-3-4-6-14(12)18/h3-8H,9-10H2,1-2H3,(H,19,23). The molecule has 1 aromatic carbocycles. The molecule has 8 heteroatoms. The number of thioether (sulfide) groups is 1. The van der Waals surface area contributed by atoms with E-state index >= 15 is 0 Å². The number of aryl methyl sites for hydroxylation is 1. The Balaban J connectivity index is 1.57. The van der Waals surface area contributed by atoms with Crippen molar-refractivity contribution in [3.8, 4) is 11.4 Å². The maximum Gasteiger partial charge on any atom is 0.230 e. The summed E-state index contributed by atoms with van der Waals surface area (Å²) in [5, 5.41) is 12.5. The summed E-state index contributed by atoms with van der Waals surface area (Å²) < 4.78 is 7.15. The minimum absolute atomic E-state index is 0.0889. The predicted octanol–water partition coefficient (Wildman–Crippen LogP) is 3.45. The van der Waals surface area contributed by atoms with Crippen LogP contribution < -0.4 is 5.32 Å². The first kappa shape index (κ1) is 17.6. The summed E-state index contributed by atoms with van der Waals surface area (Å²) in [5.74, 6) is 1.66. The van der Waals surface area contributed by atoms with Crippen LogP contribution in [0.1, 0.15) is 11.3 Å². The highest BCUT2D eigenvalue weighted by Crippen LogP contribution is 2.25. The Bertz CT molecular complexity index is 890. The number of hydrogen-bond acceptors (Lipinski definition) is 5. The van der Waals surface area contributed by atoms with Crippen molar-refractivity contribution in [2.24, 2.45) is 7.05 Å². The number of nitrogens with one attached hydrogen (secondary N) is 1. The summed E-state index contributed by atoms with van der Waals surface area (Å²) >= 11 is 7.41. The van der Waals surface area contributed by atoms with E-state index in [0.29, 0.717) is 22.5 Å². The molecule has 1 amide bonds. The van der Waals surface area contributed by atoms with Crippen molar-refractivity contribution in [2.45, 2.75) is 18.6 Å². The lowest BCUT2D eigenvalue weighted by molar-refractivity contribution is -0.118. The molecule has 0 aliphatic rings. The average molecular weight is 377 g/mol. The minimum atomic E-state index is -0.0889. The summed E-state index contributed by atoms with van der Waals surface area (Å²) in [4.78, 5) is 12.1. The summed E-state index contributed by atoms with van der Waals surface area (Å²) in [6.45, 7) is 2.27. The van der Waals surface area contributed by atoms with Crippen molar-refractivity contribution in [1.29, 1.82) is 0 Å². The minimum Gasteiger partial charge on any atom is -0.469 e. The van der Waals surface area contributed by atoms with Gasteiger partial charge in [0.2, 0.25) is 5.91 Å². The molecule has 2 aromatic heterocycles. The zero-order valence-electron chi connectivity index (χ0n) is 13.8. The molecule has 0 atom stereocenters. The van der Waals surface area contributed by atoms with Gasteiger partial charge in [-0.2, -0.15) is 0 Å². The molecule has 0 radical (unpaired) electrons. The number of furan rings is 1. The van der Waals surface area contributed by atoms with Gasteiger partial charge in [0.05, 0.1) is 17.6 Å². The van der Waals surface area contributed by atoms with Gasteiger partial charge in [-0.25, -0.2) is 0 Å². The van der Waals surface area contributed by atoms with Gasteiger partial charge in [-0.1, -0.05) is 41.6 Å². The number of carbonyl (C=O) groups is 1. The van der Waals surface area contributed by atoms with Gasteiger partial charge in [0.25, 0.3) is 0 Å². The van der Waals surface area contributed by atoms with E-state index in [2.05, 4.69) is 15.5 Å². The van der Waals surface area contributed by atoms with E-state index in [1.165, 1.54) is 11.8 Å². The SMILES string of the molecule is Cc1occc1-c1nnc(SCC(=O)NCc2ccccc2Cl)n1C. The van der Waals surface area contributed by atoms with Crippen molar-refractivity contribution in [2.75, 3.05) is 5.75 Å². The zero-order valence-corrected chi connectivity index (χ0v) is 15.4. The van der Waals surface area contributed by atoms with Crippen LogP contribution in [-0.4, -0.2) is 26.4 Å². The molecule has 0 unspecified atom stereocenters. The van der Waals surface area contributed by atoms with Gasteiger partial charge in [0.15, 0.2) is 11.0 Å². The topological polar surface area (TPSA) is 72.9 Å². The number of aromatic nitrogens is 3. The molecule has 3 aromatic rings. The normalized spacial score (nSPS) is 10.8. The highest BCUT2D eigenvalue weighted by molar-refractivity contribution is 7.99. The Morgan fingerprint density at radius 2 is 2.12 bits per heavy atom. The fraction of sp³-hybridized carbons (Fsp3) is 0.235. The van der Waals surface area contributed by atoms with Crippen molar-refractivity contribution >= 4 is 29.3 Å². The Kier molecular flexibility index (Phi) is 5.45. The van der Waals surface area contributed by atoms with Crippen molar-refractivity contribution in [3.05, 3.63) is 52.9 Å². The van der Waals surface area contributed by atoms with Crippen LogP contribution in [0.3, 0.4) is 0 Å². The molecule has 3 rings (SSSR count). The molecule has 0 bridgehead atoms. The van der Waals surface area contributed by atoms with Crippen LogP contribution in [0.4, 0.5) is 0 Å². The first-order valence-electron chi connectivity index (χ1n) is 7.63. The highest BCUT2D eigenvalue weighted by Gasteiger charge is 2.15. The average Bonchev–Trinajstić information content (AvgIpc) is 3.17. The first-order valence-corrected chi connectivity index (χ1v) is 8.99. The predicted molar refractivity (Wildman–Crippen MR) is 97.5 cm³/mol. The molecular formula is C17H17ClN4O2S. The van der Waals surface area contributed by atoms with E-state index in [-0.39, 0.29) is 11.7 Å². The maximum absolute atomic E-state index is 12.1. The van der Waals surface area contributed by atoms with Crippen LogP contribution in [0.5, 0.6) is 0 Å². The lowest BCUT2D eigenvalue weighted by Gasteiger charge is -2.07. The Labute approximate surface area is 154 Å². The van der Waals surface area contributed by atoms with E-state index in [0.717, 1.165) is 16.9 Å². The van der Waals surface area contributed by atoms with Gasteiger partial charge in [0, 0.05) is 18.6 Å². The smallest absolute Gasteiger partial charge is 0.230 e. The molecule has 130 valence electrons. The van der Waals surface area contributed by atoms with E-state index in [4.69, 9.17) is 16.0 Å². The van der Waals surface area contributed by atoms with Gasteiger partial charge in [-0.3, -0.25) is 4.79 Å². The van der Waals surface area contributed by atoms with Gasteiger partial charge in [-0.05, 0) is 24.6 Å². The van der Waals surface area contributed by atoms with Gasteiger partial charge >= 0.3 is 0 Å². The third-order valence-electron chi connectivity index (χ3n) is 3.70. The lowest BCUT2D eigenvalue weighted by atomic mass is 10.2. The number of hydrogen-bond donors (Lipinski definition) is 1. The number of carbonyl (C=O) groups excluding carboxylic acids is 1. The van der Waals surface area contributed by atoms with E-state index in [1.54, 1.807) is 12.3 Å². The molecular weight excluding hydrogens is 360 g/mol. The fourth-order valence-corrected chi connectivity index (χ4v) is 3.25. The van der Waals surface area contributed by atoms with Crippen LogP contribution in [0, 0.1) is 6.92 Å². The summed E-state index contributed by atoms with van der Waals surface area (Å²) in [6, 6.07) is 9.29. The second kappa shape index (κ2) is 7.76. The van der Waals surface area contributed by atoms with E-state index in [1.807, 2.05) is 42.8 Å². The fourth-order valence-electron chi connectivity index (χ4n) is 2.31. The number of amides is 1. The number of benzene rings is 1. The summed E-state index contributed by atoms with van der Waals surface area (Å²) in [6.07, 6.45) is 1.62. The second-order valence-electron chi connectivity index (χ2n) is 5.41. The summed E-state index contributed by atoms with van der Waals surface area (Å²) in [7, 11) is 1.87. The maximum atomic E-state index is 12.1. The molecule has 0 aliphatic heterocycles. The Morgan fingerprint density at radius 1 is 1.32 bits per heavy atom. The molecule has 2 heterocycles. The monoisotopic (exact) mass is 376 g/mol. The third-order valence-corrected chi connectivity index (χ3v) is 5.09. The van der Waals surface area contributed by atoms with Crippen molar-refractivity contribution in [3.63, 3.8) is 0 Å². The Hall–Kier alpha value is -2.25. The first-order chi connectivity index (χ1) is 12.1. The molecule has 0 fully saturated rings. The largest absolute Gasteiger partial charge is 0.469 e. The molecule has 25 heavy (non-hydrogen) atoms. The molecule has 6 nitrogen and oxygen atoms in total. The number of rotatable bonds is 6.